The van der Waals surface area contributed by atoms with Gasteiger partial charge < -0.3 is 10.2 Å². The Morgan fingerprint density at radius 3 is 2.50 bits per heavy atom. The highest BCUT2D eigenvalue weighted by molar-refractivity contribution is 6.30. The van der Waals surface area contributed by atoms with Gasteiger partial charge in [-0.2, -0.15) is 5.10 Å². The van der Waals surface area contributed by atoms with Gasteiger partial charge in [0.2, 0.25) is 0 Å². The minimum Gasteiger partial charge on any atom is -0.339 e. The minimum atomic E-state index is -0.306. The summed E-state index contributed by atoms with van der Waals surface area (Å²) in [6, 6.07) is 15.9. The normalized spacial score (nSPS) is 13.5. The van der Waals surface area contributed by atoms with Crippen molar-refractivity contribution < 1.29 is 9.59 Å². The number of carbonyl (C=O) groups is 2. The molecule has 7 heteroatoms. The summed E-state index contributed by atoms with van der Waals surface area (Å²) in [5.74, 6) is -0.269. The lowest BCUT2D eigenvalue weighted by Gasteiger charge is -2.15. The van der Waals surface area contributed by atoms with Crippen LogP contribution in [0.1, 0.15) is 33.7 Å². The highest BCUT2D eigenvalue weighted by atomic mass is 35.5. The van der Waals surface area contributed by atoms with E-state index < -0.39 is 0 Å². The predicted octanol–water partition coefficient (Wildman–Crippen LogP) is 4.22. The smallest absolute Gasteiger partial charge is 0.273 e. The molecule has 4 rings (SSSR count). The monoisotopic (exact) mass is 394 g/mol. The van der Waals surface area contributed by atoms with E-state index in [1.165, 1.54) is 0 Å². The Bertz CT molecular complexity index is 1010. The highest BCUT2D eigenvalue weighted by Crippen LogP contribution is 2.22. The molecule has 2 amide bonds. The Kier molecular flexibility index (Phi) is 5.12. The van der Waals surface area contributed by atoms with Crippen LogP contribution >= 0.6 is 11.6 Å². The van der Waals surface area contributed by atoms with Crippen LogP contribution in [0.3, 0.4) is 0 Å². The number of hydrogen-bond donors (Lipinski definition) is 2. The van der Waals surface area contributed by atoms with Crippen molar-refractivity contribution in [2.75, 3.05) is 18.4 Å². The Hall–Kier alpha value is -3.12. The van der Waals surface area contributed by atoms with E-state index in [4.69, 9.17) is 11.6 Å². The highest BCUT2D eigenvalue weighted by Gasteiger charge is 2.19. The molecule has 2 aromatic carbocycles. The number of aromatic amines is 1. The number of amides is 2. The Labute approximate surface area is 167 Å². The Morgan fingerprint density at radius 2 is 1.79 bits per heavy atom. The SMILES string of the molecule is O=C(Nc1ccc(C(=O)N2CCCC2)cc1)c1cc(-c2cccc(Cl)c2)n[nH]1. The molecule has 142 valence electrons. The summed E-state index contributed by atoms with van der Waals surface area (Å²) < 4.78 is 0. The molecule has 0 spiro atoms. The molecule has 2 N–H and O–H groups in total. The van der Waals surface area contributed by atoms with Gasteiger partial charge in [-0.1, -0.05) is 23.7 Å². The van der Waals surface area contributed by atoms with E-state index in [1.807, 2.05) is 17.0 Å². The van der Waals surface area contributed by atoms with Crippen molar-refractivity contribution in [1.29, 1.82) is 0 Å². The molecule has 0 unspecified atom stereocenters. The van der Waals surface area contributed by atoms with E-state index >= 15 is 0 Å². The van der Waals surface area contributed by atoms with Crippen molar-refractivity contribution in [3.05, 3.63) is 70.9 Å². The average molecular weight is 395 g/mol. The van der Waals surface area contributed by atoms with Crippen molar-refractivity contribution >= 4 is 29.1 Å². The van der Waals surface area contributed by atoms with Crippen molar-refractivity contribution in [1.82, 2.24) is 15.1 Å². The van der Waals surface area contributed by atoms with Crippen molar-refractivity contribution in [3.63, 3.8) is 0 Å². The van der Waals surface area contributed by atoms with Crippen LogP contribution in [0.5, 0.6) is 0 Å². The van der Waals surface area contributed by atoms with Gasteiger partial charge in [-0.15, -0.1) is 0 Å². The van der Waals surface area contributed by atoms with Gasteiger partial charge in [0.25, 0.3) is 11.8 Å². The van der Waals surface area contributed by atoms with Crippen LogP contribution in [0.25, 0.3) is 11.3 Å². The van der Waals surface area contributed by atoms with Crippen LogP contribution in [-0.2, 0) is 0 Å². The standard InChI is InChI=1S/C21H19ClN4O2/c22-16-5-3-4-15(12-16)18-13-19(25-24-18)20(27)23-17-8-6-14(7-9-17)21(28)26-10-1-2-11-26/h3-9,12-13H,1-2,10-11H2,(H,23,27)(H,24,25). The summed E-state index contributed by atoms with van der Waals surface area (Å²) in [5, 5.41) is 10.3. The lowest BCUT2D eigenvalue weighted by molar-refractivity contribution is 0.0792. The number of nitrogens with one attached hydrogen (secondary N) is 2. The van der Waals surface area contributed by atoms with E-state index in [0.717, 1.165) is 31.5 Å². The van der Waals surface area contributed by atoms with Gasteiger partial charge >= 0.3 is 0 Å². The van der Waals surface area contributed by atoms with Gasteiger partial charge in [0.1, 0.15) is 5.69 Å². The molecule has 28 heavy (non-hydrogen) atoms. The number of H-pyrrole nitrogens is 1. The number of likely N-dealkylation sites (tertiary alicyclic amines) is 1. The van der Waals surface area contributed by atoms with Gasteiger partial charge in [0.05, 0.1) is 5.69 Å². The molecule has 6 nitrogen and oxygen atoms in total. The summed E-state index contributed by atoms with van der Waals surface area (Å²) in [4.78, 5) is 26.7. The summed E-state index contributed by atoms with van der Waals surface area (Å²) >= 11 is 6.00. The maximum absolute atomic E-state index is 12.5. The number of aromatic nitrogens is 2. The van der Waals surface area contributed by atoms with E-state index in [-0.39, 0.29) is 11.8 Å². The molecule has 0 atom stereocenters. The van der Waals surface area contributed by atoms with Gasteiger partial charge in [0.15, 0.2) is 0 Å². The molecule has 1 saturated heterocycles. The number of hydrogen-bond acceptors (Lipinski definition) is 3. The second kappa shape index (κ2) is 7.86. The van der Waals surface area contributed by atoms with Gasteiger partial charge in [0, 0.05) is 34.9 Å². The maximum atomic E-state index is 12.5. The van der Waals surface area contributed by atoms with E-state index in [0.29, 0.717) is 27.7 Å². The van der Waals surface area contributed by atoms with Crippen LogP contribution in [0.2, 0.25) is 5.02 Å². The zero-order valence-corrected chi connectivity index (χ0v) is 15.9. The molecule has 1 aliphatic heterocycles. The topological polar surface area (TPSA) is 78.1 Å². The quantitative estimate of drug-likeness (QED) is 0.695. The van der Waals surface area contributed by atoms with Crippen molar-refractivity contribution in [3.8, 4) is 11.3 Å². The van der Waals surface area contributed by atoms with E-state index in [1.54, 1.807) is 42.5 Å². The molecule has 0 radical (unpaired) electrons. The first-order chi connectivity index (χ1) is 13.6. The first kappa shape index (κ1) is 18.3. The number of benzene rings is 2. The van der Waals surface area contributed by atoms with E-state index in [9.17, 15) is 9.59 Å². The summed E-state index contributed by atoms with van der Waals surface area (Å²) in [7, 11) is 0. The van der Waals surface area contributed by atoms with Gasteiger partial charge in [-0.05, 0) is 55.3 Å². The first-order valence-corrected chi connectivity index (χ1v) is 9.50. The van der Waals surface area contributed by atoms with Crippen LogP contribution in [0.4, 0.5) is 5.69 Å². The molecule has 1 aromatic heterocycles. The average Bonchev–Trinajstić information content (AvgIpc) is 3.40. The molecule has 2 heterocycles. The maximum Gasteiger partial charge on any atom is 0.273 e. The van der Waals surface area contributed by atoms with Crippen LogP contribution in [-0.4, -0.2) is 40.0 Å². The lowest BCUT2D eigenvalue weighted by atomic mass is 10.1. The number of halogens is 1. The fraction of sp³-hybridized carbons (Fsp3) is 0.190. The summed E-state index contributed by atoms with van der Waals surface area (Å²) in [6.07, 6.45) is 2.11. The van der Waals surface area contributed by atoms with E-state index in [2.05, 4.69) is 15.5 Å². The fourth-order valence-electron chi connectivity index (χ4n) is 3.23. The molecule has 0 bridgehead atoms. The van der Waals surface area contributed by atoms with Gasteiger partial charge in [-0.3, -0.25) is 14.7 Å². The molecular formula is C21H19ClN4O2. The van der Waals surface area contributed by atoms with Crippen LogP contribution in [0, 0.1) is 0 Å². The number of anilines is 1. The second-order valence-electron chi connectivity index (χ2n) is 6.71. The number of nitrogens with zero attached hydrogens (tertiary/aromatic N) is 2. The zero-order valence-electron chi connectivity index (χ0n) is 15.1. The molecule has 0 aliphatic carbocycles. The number of rotatable bonds is 4. The fourth-order valence-corrected chi connectivity index (χ4v) is 3.42. The van der Waals surface area contributed by atoms with Crippen molar-refractivity contribution in [2.24, 2.45) is 0 Å². The van der Waals surface area contributed by atoms with Crippen molar-refractivity contribution in [2.45, 2.75) is 12.8 Å². The summed E-state index contributed by atoms with van der Waals surface area (Å²) in [5.41, 5.74) is 3.05. The number of carbonyl (C=O) groups excluding carboxylic acids is 2. The third kappa shape index (κ3) is 3.92. The third-order valence-electron chi connectivity index (χ3n) is 4.73. The first-order valence-electron chi connectivity index (χ1n) is 9.12. The minimum absolute atomic E-state index is 0.0371. The molecule has 3 aromatic rings. The van der Waals surface area contributed by atoms with Crippen LogP contribution < -0.4 is 5.32 Å². The molecule has 1 fully saturated rings. The molecular weight excluding hydrogens is 376 g/mol. The third-order valence-corrected chi connectivity index (χ3v) is 4.96. The Balaban J connectivity index is 1.43. The van der Waals surface area contributed by atoms with Crippen LogP contribution in [0.15, 0.2) is 54.6 Å². The molecule has 1 aliphatic rings. The summed E-state index contributed by atoms with van der Waals surface area (Å²) in [6.45, 7) is 1.62. The lowest BCUT2D eigenvalue weighted by Crippen LogP contribution is -2.27. The predicted molar refractivity (Wildman–Crippen MR) is 109 cm³/mol. The largest absolute Gasteiger partial charge is 0.339 e. The zero-order chi connectivity index (χ0) is 19.5. The molecule has 0 saturated carbocycles. The van der Waals surface area contributed by atoms with Gasteiger partial charge in [-0.25, -0.2) is 0 Å². The second-order valence-corrected chi connectivity index (χ2v) is 7.14. The Morgan fingerprint density at radius 1 is 1.04 bits per heavy atom.